The minimum absolute atomic E-state index is 0. The number of aliphatic hydroxyl groups is 1. The molecule has 2 atom stereocenters. The van der Waals surface area contributed by atoms with E-state index in [1.54, 1.807) is 0 Å². The summed E-state index contributed by atoms with van der Waals surface area (Å²) in [7, 11) is 0. The molecule has 0 aromatic heterocycles. The molecule has 1 aromatic rings. The second-order valence-corrected chi connectivity index (χ2v) is 6.37. The van der Waals surface area contributed by atoms with Gasteiger partial charge in [0.05, 0.1) is 6.10 Å². The maximum Gasteiger partial charge on any atom is 1.00 e. The molecule has 0 aliphatic carbocycles. The molecule has 2 aliphatic heterocycles. The number of anilines is 1. The zero-order valence-corrected chi connectivity index (χ0v) is 23.3. The van der Waals surface area contributed by atoms with Crippen molar-refractivity contribution in [2.24, 2.45) is 0 Å². The Bertz CT molecular complexity index is 455. The summed E-state index contributed by atoms with van der Waals surface area (Å²) in [6.45, 7) is 5.46. The fourth-order valence-electron chi connectivity index (χ4n) is 2.56. The first kappa shape index (κ1) is 29.4. The zero-order valence-electron chi connectivity index (χ0n) is 17.0. The SMILES string of the molecule is Cc1ccc(N)cc1.O=C(O)NCCC1CCCN1.OC1CCNC1.[CH3-].[Cs+]. The van der Waals surface area contributed by atoms with Gasteiger partial charge in [-0.3, -0.25) is 0 Å². The van der Waals surface area contributed by atoms with Crippen LogP contribution in [0.5, 0.6) is 0 Å². The van der Waals surface area contributed by atoms with Crippen LogP contribution in [0.2, 0.25) is 0 Å². The zero-order chi connectivity index (χ0) is 18.5. The van der Waals surface area contributed by atoms with Crippen LogP contribution >= 0.6 is 0 Å². The Balaban J connectivity index is 0. The number of carboxylic acid groups (broad SMARTS) is 1. The molecule has 7 N–H and O–H groups in total. The first-order valence-corrected chi connectivity index (χ1v) is 8.88. The second kappa shape index (κ2) is 18.3. The fraction of sp³-hybridized carbons (Fsp3) is 0.579. The number of nitrogens with two attached hydrogens (primary N) is 1. The van der Waals surface area contributed by atoms with Crippen molar-refractivity contribution in [3.63, 3.8) is 0 Å². The number of nitrogens with one attached hydrogen (secondary N) is 3. The quantitative estimate of drug-likeness (QED) is 0.229. The number of aliphatic hydroxyl groups excluding tert-OH is 1. The van der Waals surface area contributed by atoms with Crippen LogP contribution in [0.1, 0.15) is 31.2 Å². The van der Waals surface area contributed by atoms with Gasteiger partial charge in [-0.1, -0.05) is 17.7 Å². The Labute approximate surface area is 222 Å². The smallest absolute Gasteiger partial charge is 0.465 e. The van der Waals surface area contributed by atoms with E-state index in [2.05, 4.69) is 16.0 Å². The van der Waals surface area contributed by atoms with E-state index in [-0.39, 0.29) is 82.4 Å². The van der Waals surface area contributed by atoms with E-state index in [4.69, 9.17) is 15.9 Å². The third kappa shape index (κ3) is 16.8. The summed E-state index contributed by atoms with van der Waals surface area (Å²) < 4.78 is 0. The number of rotatable bonds is 3. The van der Waals surface area contributed by atoms with Crippen molar-refractivity contribution in [3.8, 4) is 0 Å². The summed E-state index contributed by atoms with van der Waals surface area (Å²) >= 11 is 0. The Morgan fingerprint density at radius 3 is 2.30 bits per heavy atom. The molecule has 0 saturated carbocycles. The van der Waals surface area contributed by atoms with Gasteiger partial charge < -0.3 is 39.3 Å². The minimum atomic E-state index is -0.928. The van der Waals surface area contributed by atoms with Crippen molar-refractivity contribution >= 4 is 11.8 Å². The molecule has 2 fully saturated rings. The standard InChI is InChI=1S/C7H14N2O2.C7H9N.C4H9NO.CH3.Cs/c10-7(11)9-5-3-6-2-1-4-8-6;1-6-2-4-7(8)5-3-6;6-4-1-2-5-3-4;;/h6,8-9H,1-5H2,(H,10,11);2-5H,8H2,1H3;4-6H,1-3H2;1H3;/q;;;-1;+1. The van der Waals surface area contributed by atoms with Crippen molar-refractivity contribution in [1.82, 2.24) is 16.0 Å². The first-order chi connectivity index (χ1) is 12.0. The van der Waals surface area contributed by atoms with Crippen molar-refractivity contribution in [1.29, 1.82) is 0 Å². The van der Waals surface area contributed by atoms with E-state index in [0.29, 0.717) is 12.6 Å². The van der Waals surface area contributed by atoms with Gasteiger partial charge in [0.15, 0.2) is 0 Å². The Morgan fingerprint density at radius 1 is 1.26 bits per heavy atom. The minimum Gasteiger partial charge on any atom is -0.465 e. The summed E-state index contributed by atoms with van der Waals surface area (Å²) in [5.41, 5.74) is 7.51. The summed E-state index contributed by atoms with van der Waals surface area (Å²) in [4.78, 5) is 10.0. The maximum absolute atomic E-state index is 10.0. The van der Waals surface area contributed by atoms with E-state index in [9.17, 15) is 4.79 Å². The molecule has 8 heteroatoms. The number of nitrogen functional groups attached to an aromatic ring is 1. The summed E-state index contributed by atoms with van der Waals surface area (Å²) in [6.07, 6.45) is 3.25. The second-order valence-electron chi connectivity index (χ2n) is 6.37. The summed E-state index contributed by atoms with van der Waals surface area (Å²) in [5.74, 6) is 0. The molecule has 0 radical (unpaired) electrons. The van der Waals surface area contributed by atoms with E-state index < -0.39 is 6.09 Å². The predicted octanol–water partition coefficient (Wildman–Crippen LogP) is -1.23. The van der Waals surface area contributed by atoms with Crippen molar-refractivity contribution < 1.29 is 83.9 Å². The van der Waals surface area contributed by atoms with Gasteiger partial charge in [0.1, 0.15) is 0 Å². The van der Waals surface area contributed by atoms with Crippen LogP contribution in [0, 0.1) is 14.4 Å². The Kier molecular flexibility index (Phi) is 19.9. The topological polar surface area (TPSA) is 120 Å². The van der Waals surface area contributed by atoms with Crippen molar-refractivity contribution in [2.75, 3.05) is 31.9 Å². The van der Waals surface area contributed by atoms with E-state index >= 15 is 0 Å². The van der Waals surface area contributed by atoms with Gasteiger partial charge in [0.2, 0.25) is 0 Å². The van der Waals surface area contributed by atoms with Crippen molar-refractivity contribution in [2.45, 2.75) is 44.8 Å². The van der Waals surface area contributed by atoms with Crippen molar-refractivity contribution in [3.05, 3.63) is 37.3 Å². The molecule has 1 amide bonds. The third-order valence-electron chi connectivity index (χ3n) is 4.04. The average molecular weight is 500 g/mol. The van der Waals surface area contributed by atoms with Gasteiger partial charge in [-0.2, -0.15) is 0 Å². The predicted molar refractivity (Wildman–Crippen MR) is 107 cm³/mol. The number of carbonyl (C=O) groups is 1. The Morgan fingerprint density at radius 2 is 1.93 bits per heavy atom. The number of aryl methyl sites for hydroxylation is 1. The maximum atomic E-state index is 10.0. The van der Waals surface area contributed by atoms with Crippen LogP contribution in [-0.2, 0) is 0 Å². The molecular formula is C19H35CsN4O3. The van der Waals surface area contributed by atoms with Gasteiger partial charge in [0, 0.05) is 24.8 Å². The van der Waals surface area contributed by atoms with Crippen LogP contribution in [0.15, 0.2) is 24.3 Å². The number of benzene rings is 1. The van der Waals surface area contributed by atoms with Crippen LogP contribution < -0.4 is 90.6 Å². The van der Waals surface area contributed by atoms with Crippen LogP contribution in [0.3, 0.4) is 0 Å². The molecule has 0 spiro atoms. The number of amides is 1. The normalized spacial score (nSPS) is 19.9. The molecule has 2 unspecified atom stereocenters. The molecule has 2 saturated heterocycles. The van der Waals surface area contributed by atoms with Crippen LogP contribution in [0.25, 0.3) is 0 Å². The average Bonchev–Trinajstić information content (AvgIpc) is 3.25. The molecule has 0 bridgehead atoms. The van der Waals surface area contributed by atoms with E-state index in [0.717, 1.165) is 38.2 Å². The number of hydrogen-bond acceptors (Lipinski definition) is 5. The van der Waals surface area contributed by atoms with Gasteiger partial charge in [-0.15, -0.1) is 0 Å². The van der Waals surface area contributed by atoms with Gasteiger partial charge in [-0.05, 0) is 57.8 Å². The molecule has 3 rings (SSSR count). The molecule has 2 aliphatic rings. The van der Waals surface area contributed by atoms with Crippen LogP contribution in [-0.4, -0.2) is 54.6 Å². The third-order valence-corrected chi connectivity index (χ3v) is 4.04. The van der Waals surface area contributed by atoms with Gasteiger partial charge in [0.25, 0.3) is 0 Å². The fourth-order valence-corrected chi connectivity index (χ4v) is 2.56. The number of β-amino-alcohol motifs (C(OH)–C–C–N with tert-alkyl or cyclic N) is 1. The molecule has 1 aromatic carbocycles. The number of hydrogen-bond donors (Lipinski definition) is 6. The van der Waals surface area contributed by atoms with Gasteiger partial charge >= 0.3 is 75.0 Å². The molecular weight excluding hydrogens is 465 g/mol. The van der Waals surface area contributed by atoms with E-state index in [1.807, 2.05) is 31.2 Å². The Hall–Kier alpha value is 0.222. The molecule has 150 valence electrons. The first-order valence-electron chi connectivity index (χ1n) is 8.88. The monoisotopic (exact) mass is 500 g/mol. The summed E-state index contributed by atoms with van der Waals surface area (Å²) in [6, 6.07) is 8.32. The molecule has 7 nitrogen and oxygen atoms in total. The molecule has 2 heterocycles. The van der Waals surface area contributed by atoms with Crippen LogP contribution in [0.4, 0.5) is 10.5 Å². The largest absolute Gasteiger partial charge is 1.00 e. The molecule has 27 heavy (non-hydrogen) atoms. The van der Waals surface area contributed by atoms with E-state index in [1.165, 1.54) is 18.4 Å². The summed E-state index contributed by atoms with van der Waals surface area (Å²) in [5, 5.41) is 25.6. The van der Waals surface area contributed by atoms with Gasteiger partial charge in [-0.25, -0.2) is 4.79 Å².